The number of amides is 1. The average Bonchev–Trinajstić information content (AvgIpc) is 2.67. The van der Waals surface area contributed by atoms with Crippen LogP contribution in [0.1, 0.15) is 21.6 Å². The first-order chi connectivity index (χ1) is 12.1. The molecule has 0 spiro atoms. The van der Waals surface area contributed by atoms with Crippen molar-refractivity contribution < 1.29 is 9.53 Å². The van der Waals surface area contributed by atoms with Gasteiger partial charge in [-0.3, -0.25) is 4.79 Å². The monoisotopic (exact) mass is 331 g/mol. The minimum Gasteiger partial charge on any atom is -0.497 e. The number of rotatable bonds is 4. The Morgan fingerprint density at radius 1 is 1.16 bits per heavy atom. The third-order valence-corrected chi connectivity index (χ3v) is 3.96. The van der Waals surface area contributed by atoms with Gasteiger partial charge in [-0.25, -0.2) is 4.98 Å². The topological polar surface area (TPSA) is 66.2 Å². The summed E-state index contributed by atoms with van der Waals surface area (Å²) < 4.78 is 5.20. The van der Waals surface area contributed by atoms with E-state index in [1.54, 1.807) is 37.3 Å². The van der Waals surface area contributed by atoms with E-state index < -0.39 is 0 Å². The molecule has 0 atom stereocenters. The van der Waals surface area contributed by atoms with E-state index in [4.69, 9.17) is 10.00 Å². The molecule has 0 fully saturated rings. The van der Waals surface area contributed by atoms with Crippen LogP contribution in [-0.4, -0.2) is 29.9 Å². The lowest BCUT2D eigenvalue weighted by atomic mass is 10.1. The summed E-state index contributed by atoms with van der Waals surface area (Å²) in [5, 5.41) is 9.76. The zero-order valence-corrected chi connectivity index (χ0v) is 14.1. The Labute approximate surface area is 146 Å². The van der Waals surface area contributed by atoms with Crippen LogP contribution in [0, 0.1) is 11.3 Å². The lowest BCUT2D eigenvalue weighted by molar-refractivity contribution is 0.0779. The van der Waals surface area contributed by atoms with Crippen LogP contribution < -0.4 is 4.74 Å². The fraction of sp³-hybridized carbons (Fsp3) is 0.150. The number of ether oxygens (including phenoxy) is 1. The summed E-state index contributed by atoms with van der Waals surface area (Å²) in [4.78, 5) is 18.7. The molecule has 5 heteroatoms. The third-order valence-electron chi connectivity index (χ3n) is 3.96. The number of benzene rings is 2. The fourth-order valence-electron chi connectivity index (χ4n) is 2.58. The highest BCUT2D eigenvalue weighted by Gasteiger charge is 2.14. The summed E-state index contributed by atoms with van der Waals surface area (Å²) in [5.41, 5.74) is 2.71. The molecule has 0 bridgehead atoms. The highest BCUT2D eigenvalue weighted by Crippen LogP contribution is 2.20. The molecule has 0 unspecified atom stereocenters. The van der Waals surface area contributed by atoms with Crippen molar-refractivity contribution in [2.75, 3.05) is 14.2 Å². The number of pyridine rings is 1. The first kappa shape index (κ1) is 16.5. The maximum absolute atomic E-state index is 12.6. The van der Waals surface area contributed by atoms with E-state index in [9.17, 15) is 4.79 Å². The molecule has 0 aliphatic rings. The molecule has 1 heterocycles. The van der Waals surface area contributed by atoms with Crippen molar-refractivity contribution in [2.45, 2.75) is 6.54 Å². The number of hydrogen-bond acceptors (Lipinski definition) is 4. The first-order valence-electron chi connectivity index (χ1n) is 7.80. The van der Waals surface area contributed by atoms with E-state index in [1.165, 1.54) is 0 Å². The van der Waals surface area contributed by atoms with E-state index in [2.05, 4.69) is 11.1 Å². The molecule has 5 nitrogen and oxygen atoms in total. The summed E-state index contributed by atoms with van der Waals surface area (Å²) in [6.07, 6.45) is 0. The van der Waals surface area contributed by atoms with Gasteiger partial charge in [-0.05, 0) is 42.0 Å². The van der Waals surface area contributed by atoms with Gasteiger partial charge in [0.2, 0.25) is 0 Å². The summed E-state index contributed by atoms with van der Waals surface area (Å²) in [6.45, 7) is 0.451. The predicted molar refractivity (Wildman–Crippen MR) is 95.2 cm³/mol. The molecular formula is C20H17N3O2. The largest absolute Gasteiger partial charge is 0.497 e. The van der Waals surface area contributed by atoms with Gasteiger partial charge in [0.15, 0.2) is 0 Å². The average molecular weight is 331 g/mol. The number of carbonyl (C=O) groups excluding carboxylic acids is 1. The van der Waals surface area contributed by atoms with E-state index in [0.29, 0.717) is 17.8 Å². The predicted octanol–water partition coefficient (Wildman–Crippen LogP) is 3.39. The Morgan fingerprint density at radius 3 is 2.60 bits per heavy atom. The summed E-state index contributed by atoms with van der Waals surface area (Å²) >= 11 is 0. The van der Waals surface area contributed by atoms with Crippen molar-refractivity contribution in [3.63, 3.8) is 0 Å². The molecule has 1 amide bonds. The van der Waals surface area contributed by atoms with Gasteiger partial charge < -0.3 is 9.64 Å². The zero-order valence-electron chi connectivity index (χ0n) is 14.1. The SMILES string of the molecule is COc1ccc2nc(C(=O)N(C)Cc3ccc(C#N)cc3)ccc2c1. The van der Waals surface area contributed by atoms with Gasteiger partial charge in [-0.2, -0.15) is 5.26 Å². The highest BCUT2D eigenvalue weighted by molar-refractivity contribution is 5.94. The minimum absolute atomic E-state index is 0.151. The Bertz CT molecular complexity index is 959. The minimum atomic E-state index is -0.151. The lowest BCUT2D eigenvalue weighted by Gasteiger charge is -2.17. The number of nitriles is 1. The third kappa shape index (κ3) is 3.59. The molecule has 0 saturated carbocycles. The van der Waals surface area contributed by atoms with E-state index in [0.717, 1.165) is 22.2 Å². The highest BCUT2D eigenvalue weighted by atomic mass is 16.5. The van der Waals surface area contributed by atoms with Crippen LogP contribution in [-0.2, 0) is 6.54 Å². The van der Waals surface area contributed by atoms with Gasteiger partial charge >= 0.3 is 0 Å². The standard InChI is InChI=1S/C20H17N3O2/c1-23(13-15-5-3-14(12-21)4-6-15)20(24)19-9-7-16-11-17(25-2)8-10-18(16)22-19/h3-11H,13H2,1-2H3. The second-order valence-electron chi connectivity index (χ2n) is 5.73. The molecule has 0 aliphatic heterocycles. The molecule has 124 valence electrons. The van der Waals surface area contributed by atoms with Gasteiger partial charge in [0.1, 0.15) is 11.4 Å². The summed E-state index contributed by atoms with van der Waals surface area (Å²) in [6, 6.07) is 18.4. The van der Waals surface area contributed by atoms with Crippen molar-refractivity contribution in [2.24, 2.45) is 0 Å². The zero-order chi connectivity index (χ0) is 17.8. The van der Waals surface area contributed by atoms with Gasteiger partial charge in [0, 0.05) is 19.0 Å². The Morgan fingerprint density at radius 2 is 1.92 bits per heavy atom. The number of fused-ring (bicyclic) bond motifs is 1. The maximum Gasteiger partial charge on any atom is 0.272 e. The normalized spacial score (nSPS) is 10.3. The van der Waals surface area contributed by atoms with Gasteiger partial charge in [0.25, 0.3) is 5.91 Å². The molecule has 3 aromatic rings. The fourth-order valence-corrected chi connectivity index (χ4v) is 2.58. The smallest absolute Gasteiger partial charge is 0.272 e. The van der Waals surface area contributed by atoms with Crippen LogP contribution in [0.15, 0.2) is 54.6 Å². The Balaban J connectivity index is 1.79. The van der Waals surface area contributed by atoms with Crippen molar-refractivity contribution in [1.29, 1.82) is 5.26 Å². The van der Waals surface area contributed by atoms with Crippen molar-refractivity contribution in [3.05, 3.63) is 71.4 Å². The van der Waals surface area contributed by atoms with Gasteiger partial charge in [0.05, 0.1) is 24.3 Å². The summed E-state index contributed by atoms with van der Waals surface area (Å²) in [5.74, 6) is 0.605. The van der Waals surface area contributed by atoms with Crippen molar-refractivity contribution in [1.82, 2.24) is 9.88 Å². The van der Waals surface area contributed by atoms with E-state index in [-0.39, 0.29) is 5.91 Å². The second kappa shape index (κ2) is 7.02. The first-order valence-corrected chi connectivity index (χ1v) is 7.80. The molecule has 2 aromatic carbocycles. The van der Waals surface area contributed by atoms with Crippen LogP contribution in [0.5, 0.6) is 5.75 Å². The summed E-state index contributed by atoms with van der Waals surface area (Å²) in [7, 11) is 3.35. The number of aromatic nitrogens is 1. The molecule has 25 heavy (non-hydrogen) atoms. The van der Waals surface area contributed by atoms with Crippen molar-refractivity contribution in [3.8, 4) is 11.8 Å². The second-order valence-corrected chi connectivity index (χ2v) is 5.73. The van der Waals surface area contributed by atoms with Crippen LogP contribution >= 0.6 is 0 Å². The Kier molecular flexibility index (Phi) is 4.62. The number of methoxy groups -OCH3 is 1. The van der Waals surface area contributed by atoms with Crippen LogP contribution in [0.4, 0.5) is 0 Å². The van der Waals surface area contributed by atoms with Crippen LogP contribution in [0.25, 0.3) is 10.9 Å². The van der Waals surface area contributed by atoms with Crippen molar-refractivity contribution >= 4 is 16.8 Å². The van der Waals surface area contributed by atoms with Gasteiger partial charge in [-0.1, -0.05) is 18.2 Å². The molecule has 1 aromatic heterocycles. The molecule has 0 aliphatic carbocycles. The molecule has 0 saturated heterocycles. The number of nitrogens with zero attached hydrogens (tertiary/aromatic N) is 3. The molecule has 0 N–H and O–H groups in total. The van der Waals surface area contributed by atoms with Crippen LogP contribution in [0.3, 0.4) is 0 Å². The van der Waals surface area contributed by atoms with E-state index >= 15 is 0 Å². The van der Waals surface area contributed by atoms with E-state index in [1.807, 2.05) is 36.4 Å². The number of carbonyl (C=O) groups is 1. The van der Waals surface area contributed by atoms with Crippen LogP contribution in [0.2, 0.25) is 0 Å². The maximum atomic E-state index is 12.6. The Hall–Kier alpha value is -3.39. The molecular weight excluding hydrogens is 314 g/mol. The molecule has 0 radical (unpaired) electrons. The number of hydrogen-bond donors (Lipinski definition) is 0. The quantitative estimate of drug-likeness (QED) is 0.735. The lowest BCUT2D eigenvalue weighted by Crippen LogP contribution is -2.27. The molecule has 3 rings (SSSR count). The van der Waals surface area contributed by atoms with Gasteiger partial charge in [-0.15, -0.1) is 0 Å².